The van der Waals surface area contributed by atoms with Gasteiger partial charge in [-0.3, -0.25) is 15.3 Å². The number of pyridine rings is 1. The number of urea groups is 1. The fraction of sp³-hybridized carbons (Fsp3) is 0.417. The minimum Gasteiger partial charge on any atom is -0.383 e. The fourth-order valence-electron chi connectivity index (χ4n) is 1.46. The molecule has 0 unspecified atom stereocenters. The second-order valence-electron chi connectivity index (χ2n) is 3.83. The van der Waals surface area contributed by atoms with Crippen LogP contribution < -0.4 is 11.1 Å². The first kappa shape index (κ1) is 14.9. The fourth-order valence-corrected chi connectivity index (χ4v) is 1.46. The summed E-state index contributed by atoms with van der Waals surface area (Å²) in [5.74, 6) is -0.286. The highest BCUT2D eigenvalue weighted by Crippen LogP contribution is 1.98. The van der Waals surface area contributed by atoms with Crippen LogP contribution in [0.3, 0.4) is 0 Å². The molecule has 0 atom stereocenters. The number of carbonyl (C=O) groups excluding carboxylic acids is 1. The van der Waals surface area contributed by atoms with Crippen LogP contribution in [-0.4, -0.2) is 48.7 Å². The maximum atomic E-state index is 11.8. The Balaban J connectivity index is 2.48. The van der Waals surface area contributed by atoms with Crippen LogP contribution in [0.5, 0.6) is 0 Å². The zero-order chi connectivity index (χ0) is 14.1. The van der Waals surface area contributed by atoms with Crippen molar-refractivity contribution in [1.82, 2.24) is 15.2 Å². The van der Waals surface area contributed by atoms with Crippen molar-refractivity contribution in [2.24, 2.45) is 5.73 Å². The Morgan fingerprint density at radius 2 is 2.37 bits per heavy atom. The van der Waals surface area contributed by atoms with Gasteiger partial charge in [0.1, 0.15) is 0 Å². The lowest BCUT2D eigenvalue weighted by molar-refractivity contribution is 0.190. The number of guanidine groups is 1. The van der Waals surface area contributed by atoms with Crippen LogP contribution in [0.2, 0.25) is 0 Å². The van der Waals surface area contributed by atoms with Crippen molar-refractivity contribution in [3.63, 3.8) is 0 Å². The van der Waals surface area contributed by atoms with Gasteiger partial charge >= 0.3 is 6.03 Å². The van der Waals surface area contributed by atoms with E-state index in [0.717, 1.165) is 5.69 Å². The second kappa shape index (κ2) is 8.04. The Labute approximate surface area is 112 Å². The van der Waals surface area contributed by atoms with E-state index >= 15 is 0 Å². The summed E-state index contributed by atoms with van der Waals surface area (Å²) < 4.78 is 4.83. The molecule has 0 aromatic carbocycles. The van der Waals surface area contributed by atoms with Gasteiger partial charge in [-0.25, -0.2) is 4.79 Å². The predicted molar refractivity (Wildman–Crippen MR) is 71.8 cm³/mol. The number of amides is 2. The van der Waals surface area contributed by atoms with Gasteiger partial charge in [-0.05, 0) is 12.1 Å². The van der Waals surface area contributed by atoms with Gasteiger partial charge in [0.15, 0.2) is 5.96 Å². The van der Waals surface area contributed by atoms with E-state index in [1.165, 1.54) is 4.90 Å². The van der Waals surface area contributed by atoms with Gasteiger partial charge in [-0.2, -0.15) is 0 Å². The minimum atomic E-state index is -0.402. The third-order valence-corrected chi connectivity index (χ3v) is 2.44. The van der Waals surface area contributed by atoms with Crippen LogP contribution in [0.25, 0.3) is 0 Å². The molecule has 0 aliphatic rings. The topological polar surface area (TPSA) is 104 Å². The Morgan fingerprint density at radius 3 is 2.95 bits per heavy atom. The van der Waals surface area contributed by atoms with E-state index in [-0.39, 0.29) is 5.96 Å². The molecule has 4 N–H and O–H groups in total. The third kappa shape index (κ3) is 5.35. The van der Waals surface area contributed by atoms with E-state index in [1.54, 1.807) is 13.3 Å². The van der Waals surface area contributed by atoms with Crippen molar-refractivity contribution in [3.8, 4) is 0 Å². The number of methoxy groups -OCH3 is 1. The predicted octanol–water partition coefficient (Wildman–Crippen LogP) is 0.176. The van der Waals surface area contributed by atoms with Gasteiger partial charge in [0, 0.05) is 38.5 Å². The number of nitrogens with two attached hydrogens (primary N) is 1. The van der Waals surface area contributed by atoms with E-state index in [1.807, 2.05) is 18.2 Å². The van der Waals surface area contributed by atoms with Gasteiger partial charge < -0.3 is 15.8 Å². The zero-order valence-corrected chi connectivity index (χ0v) is 10.9. The first-order valence-electron chi connectivity index (χ1n) is 5.93. The van der Waals surface area contributed by atoms with Crippen LogP contribution in [-0.2, 0) is 11.2 Å². The zero-order valence-electron chi connectivity index (χ0n) is 10.9. The summed E-state index contributed by atoms with van der Waals surface area (Å²) in [6, 6.07) is 5.16. The molecule has 1 aromatic heterocycles. The summed E-state index contributed by atoms with van der Waals surface area (Å²) in [6.07, 6.45) is 2.23. The summed E-state index contributed by atoms with van der Waals surface area (Å²) in [5, 5.41) is 10.0. The molecular weight excluding hydrogens is 246 g/mol. The first-order chi connectivity index (χ1) is 9.15. The van der Waals surface area contributed by atoms with Gasteiger partial charge in [-0.15, -0.1) is 0 Å². The first-order valence-corrected chi connectivity index (χ1v) is 5.93. The standard InChI is InChI=1S/C12H19N5O2/c1-19-9-7-16-12(18)17(11(13)14)8-5-10-4-2-3-6-15-10/h2-4,6H,5,7-9H2,1H3,(H3,13,14)(H,16,18). The van der Waals surface area contributed by atoms with Crippen molar-refractivity contribution >= 4 is 12.0 Å². The van der Waals surface area contributed by atoms with Crippen LogP contribution in [0.4, 0.5) is 4.79 Å². The average Bonchev–Trinajstić information content (AvgIpc) is 2.40. The summed E-state index contributed by atoms with van der Waals surface area (Å²) in [5.41, 5.74) is 6.25. The van der Waals surface area contributed by atoms with Crippen molar-refractivity contribution in [1.29, 1.82) is 5.41 Å². The van der Waals surface area contributed by atoms with Crippen LogP contribution in [0, 0.1) is 5.41 Å². The Kier molecular flexibility index (Phi) is 6.31. The molecule has 0 spiro atoms. The van der Waals surface area contributed by atoms with Crippen LogP contribution >= 0.6 is 0 Å². The molecule has 0 aliphatic heterocycles. The molecule has 19 heavy (non-hydrogen) atoms. The summed E-state index contributed by atoms with van der Waals surface area (Å²) in [7, 11) is 1.55. The summed E-state index contributed by atoms with van der Waals surface area (Å²) >= 11 is 0. The van der Waals surface area contributed by atoms with Crippen molar-refractivity contribution in [3.05, 3.63) is 30.1 Å². The molecule has 1 heterocycles. The molecule has 0 saturated heterocycles. The maximum absolute atomic E-state index is 11.8. The molecule has 0 bridgehead atoms. The van der Waals surface area contributed by atoms with Crippen molar-refractivity contribution < 1.29 is 9.53 Å². The highest BCUT2D eigenvalue weighted by molar-refractivity contribution is 5.93. The third-order valence-electron chi connectivity index (χ3n) is 2.44. The van der Waals surface area contributed by atoms with E-state index in [9.17, 15) is 4.79 Å². The quantitative estimate of drug-likeness (QED) is 0.387. The molecule has 7 heteroatoms. The Bertz CT molecular complexity index is 410. The van der Waals surface area contributed by atoms with Crippen LogP contribution in [0.15, 0.2) is 24.4 Å². The molecule has 1 aromatic rings. The lowest BCUT2D eigenvalue weighted by Gasteiger charge is -2.20. The number of rotatable bonds is 6. The van der Waals surface area contributed by atoms with E-state index < -0.39 is 6.03 Å². The highest BCUT2D eigenvalue weighted by atomic mass is 16.5. The lowest BCUT2D eigenvalue weighted by atomic mass is 10.2. The SMILES string of the molecule is COCCNC(=O)N(CCc1ccccn1)C(=N)N. The lowest BCUT2D eigenvalue weighted by Crippen LogP contribution is -2.48. The van der Waals surface area contributed by atoms with Crippen LogP contribution in [0.1, 0.15) is 5.69 Å². The van der Waals surface area contributed by atoms with Gasteiger partial charge in [0.2, 0.25) is 0 Å². The van der Waals surface area contributed by atoms with Gasteiger partial charge in [0.05, 0.1) is 6.61 Å². The molecule has 0 fully saturated rings. The molecular formula is C12H19N5O2. The summed E-state index contributed by atoms with van der Waals surface area (Å²) in [4.78, 5) is 17.1. The van der Waals surface area contributed by atoms with E-state index in [4.69, 9.17) is 15.9 Å². The van der Waals surface area contributed by atoms with Gasteiger partial charge in [-0.1, -0.05) is 6.07 Å². The number of aromatic nitrogens is 1. The molecule has 0 radical (unpaired) electrons. The number of nitrogens with one attached hydrogen (secondary N) is 2. The molecule has 2 amide bonds. The van der Waals surface area contributed by atoms with Crippen molar-refractivity contribution in [2.45, 2.75) is 6.42 Å². The highest BCUT2D eigenvalue weighted by Gasteiger charge is 2.15. The number of carbonyl (C=O) groups is 1. The normalized spacial score (nSPS) is 9.95. The van der Waals surface area contributed by atoms with E-state index in [2.05, 4.69) is 10.3 Å². The summed E-state index contributed by atoms with van der Waals surface area (Å²) in [6.45, 7) is 1.10. The molecule has 0 saturated carbocycles. The average molecular weight is 265 g/mol. The molecule has 7 nitrogen and oxygen atoms in total. The van der Waals surface area contributed by atoms with Gasteiger partial charge in [0.25, 0.3) is 0 Å². The molecule has 1 rings (SSSR count). The van der Waals surface area contributed by atoms with E-state index in [0.29, 0.717) is 26.1 Å². The smallest absolute Gasteiger partial charge is 0.324 e. The number of nitrogens with zero attached hydrogens (tertiary/aromatic N) is 2. The largest absolute Gasteiger partial charge is 0.383 e. The molecule has 104 valence electrons. The number of hydrogen-bond acceptors (Lipinski definition) is 4. The monoisotopic (exact) mass is 265 g/mol. The second-order valence-corrected chi connectivity index (χ2v) is 3.83. The Morgan fingerprint density at radius 1 is 1.58 bits per heavy atom. The molecule has 0 aliphatic carbocycles. The number of ether oxygens (including phenoxy) is 1. The maximum Gasteiger partial charge on any atom is 0.324 e. The number of hydrogen-bond donors (Lipinski definition) is 3. The van der Waals surface area contributed by atoms with Crippen molar-refractivity contribution in [2.75, 3.05) is 26.8 Å². The Hall–Kier alpha value is -2.15. The minimum absolute atomic E-state index is 0.286.